The highest BCUT2D eigenvalue weighted by molar-refractivity contribution is 7.89. The topological polar surface area (TPSA) is 85.5 Å². The zero-order valence-electron chi connectivity index (χ0n) is 9.96. The molecule has 2 N–H and O–H groups in total. The maximum Gasteiger partial charge on any atom is 0.244 e. The van der Waals surface area contributed by atoms with Gasteiger partial charge in [-0.1, -0.05) is 0 Å². The number of hydrogen-bond donors (Lipinski definition) is 1. The molecule has 0 fully saturated rings. The third-order valence-corrected chi connectivity index (χ3v) is 3.88. The fourth-order valence-electron chi connectivity index (χ4n) is 1.08. The Balaban J connectivity index is 2.75. The van der Waals surface area contributed by atoms with Gasteiger partial charge in [-0.2, -0.15) is 0 Å². The lowest BCUT2D eigenvalue weighted by Gasteiger charge is -2.11. The summed E-state index contributed by atoms with van der Waals surface area (Å²) in [5, 5.41) is 0. The second kappa shape index (κ2) is 5.95. The van der Waals surface area contributed by atoms with Crippen molar-refractivity contribution in [2.75, 3.05) is 27.2 Å². The van der Waals surface area contributed by atoms with Crippen molar-refractivity contribution in [3.63, 3.8) is 0 Å². The van der Waals surface area contributed by atoms with Gasteiger partial charge in [0.2, 0.25) is 15.9 Å². The van der Waals surface area contributed by atoms with Crippen LogP contribution in [0.5, 0.6) is 5.88 Å². The molecule has 1 rings (SSSR count). The van der Waals surface area contributed by atoms with Crippen LogP contribution >= 0.6 is 0 Å². The van der Waals surface area contributed by atoms with E-state index in [2.05, 4.69) is 4.98 Å². The van der Waals surface area contributed by atoms with E-state index in [-0.39, 0.29) is 4.90 Å². The van der Waals surface area contributed by atoms with Gasteiger partial charge in [0.15, 0.2) is 0 Å². The zero-order valence-corrected chi connectivity index (χ0v) is 10.8. The van der Waals surface area contributed by atoms with Gasteiger partial charge in [-0.15, -0.1) is 0 Å². The van der Waals surface area contributed by atoms with Gasteiger partial charge in [-0.05, 0) is 19.0 Å². The average molecular weight is 259 g/mol. The van der Waals surface area contributed by atoms with E-state index >= 15 is 0 Å². The minimum absolute atomic E-state index is 0.147. The Kier molecular flexibility index (Phi) is 4.86. The van der Waals surface area contributed by atoms with Crippen molar-refractivity contribution in [2.45, 2.75) is 11.3 Å². The SMILES string of the molecule is CN(C)S(=O)(=O)c1ccc(OCCCN)nc1. The average Bonchev–Trinajstić information content (AvgIpc) is 2.30. The highest BCUT2D eigenvalue weighted by atomic mass is 32.2. The summed E-state index contributed by atoms with van der Waals surface area (Å²) in [6.45, 7) is 1.02. The van der Waals surface area contributed by atoms with E-state index < -0.39 is 10.0 Å². The van der Waals surface area contributed by atoms with E-state index in [0.29, 0.717) is 19.0 Å². The normalized spacial score (nSPS) is 11.8. The number of nitrogens with two attached hydrogens (primary N) is 1. The molecule has 0 saturated carbocycles. The minimum atomic E-state index is -3.42. The second-order valence-electron chi connectivity index (χ2n) is 3.61. The first-order valence-corrected chi connectivity index (χ1v) is 6.64. The molecule has 0 aliphatic heterocycles. The molecule has 1 heterocycles. The molecule has 0 amide bonds. The van der Waals surface area contributed by atoms with E-state index in [1.165, 1.54) is 32.4 Å². The summed E-state index contributed by atoms with van der Waals surface area (Å²) in [5.41, 5.74) is 5.32. The molecule has 1 aromatic heterocycles. The number of ether oxygens (including phenoxy) is 1. The van der Waals surface area contributed by atoms with Crippen molar-refractivity contribution in [1.82, 2.24) is 9.29 Å². The minimum Gasteiger partial charge on any atom is -0.478 e. The maximum absolute atomic E-state index is 11.7. The lowest BCUT2D eigenvalue weighted by atomic mass is 10.4. The zero-order chi connectivity index (χ0) is 12.9. The molecule has 0 saturated heterocycles. The van der Waals surface area contributed by atoms with Gasteiger partial charge in [0.25, 0.3) is 0 Å². The van der Waals surface area contributed by atoms with Crippen molar-refractivity contribution in [2.24, 2.45) is 5.73 Å². The summed E-state index contributed by atoms with van der Waals surface area (Å²) in [5.74, 6) is 0.399. The standard InChI is InChI=1S/C10H17N3O3S/c1-13(2)17(14,15)9-4-5-10(12-8-9)16-7-3-6-11/h4-5,8H,3,6-7,11H2,1-2H3. The van der Waals surface area contributed by atoms with Gasteiger partial charge in [0.05, 0.1) is 12.8 Å². The van der Waals surface area contributed by atoms with Crippen molar-refractivity contribution >= 4 is 10.0 Å². The van der Waals surface area contributed by atoms with Crippen molar-refractivity contribution in [1.29, 1.82) is 0 Å². The quantitative estimate of drug-likeness (QED) is 0.730. The van der Waals surface area contributed by atoms with Gasteiger partial charge >= 0.3 is 0 Å². The van der Waals surface area contributed by atoms with E-state index in [4.69, 9.17) is 10.5 Å². The lowest BCUT2D eigenvalue weighted by molar-refractivity contribution is 0.301. The van der Waals surface area contributed by atoms with E-state index in [1.54, 1.807) is 0 Å². The van der Waals surface area contributed by atoms with Crippen LogP contribution in [-0.4, -0.2) is 45.0 Å². The van der Waals surface area contributed by atoms with Gasteiger partial charge in [0, 0.05) is 20.2 Å². The predicted octanol–water partition coefficient (Wildman–Crippen LogP) is 0.0595. The Morgan fingerprint density at radius 1 is 1.41 bits per heavy atom. The molecule has 0 atom stereocenters. The Labute approximate surface area is 101 Å². The summed E-state index contributed by atoms with van der Waals surface area (Å²) in [6.07, 6.45) is 2.02. The van der Waals surface area contributed by atoms with Crippen LogP contribution in [0, 0.1) is 0 Å². The summed E-state index contributed by atoms with van der Waals surface area (Å²) in [7, 11) is -0.477. The van der Waals surface area contributed by atoms with Crippen LogP contribution in [0.1, 0.15) is 6.42 Å². The van der Waals surface area contributed by atoms with Gasteiger partial charge < -0.3 is 10.5 Å². The highest BCUT2D eigenvalue weighted by Crippen LogP contribution is 2.14. The Morgan fingerprint density at radius 2 is 2.12 bits per heavy atom. The first kappa shape index (κ1) is 13.9. The number of pyridine rings is 1. The third kappa shape index (κ3) is 3.65. The first-order chi connectivity index (χ1) is 7.98. The van der Waals surface area contributed by atoms with Gasteiger partial charge in [-0.3, -0.25) is 0 Å². The smallest absolute Gasteiger partial charge is 0.244 e. The third-order valence-electron chi connectivity index (χ3n) is 2.09. The molecule has 0 radical (unpaired) electrons. The molecular weight excluding hydrogens is 242 g/mol. The lowest BCUT2D eigenvalue weighted by Crippen LogP contribution is -2.22. The van der Waals surface area contributed by atoms with E-state index in [1.807, 2.05) is 0 Å². The molecule has 0 aromatic carbocycles. The van der Waals surface area contributed by atoms with Crippen molar-refractivity contribution in [3.8, 4) is 5.88 Å². The van der Waals surface area contributed by atoms with Gasteiger partial charge in [-0.25, -0.2) is 17.7 Å². The van der Waals surface area contributed by atoms with Crippen molar-refractivity contribution < 1.29 is 13.2 Å². The summed E-state index contributed by atoms with van der Waals surface area (Å²) >= 11 is 0. The fraction of sp³-hybridized carbons (Fsp3) is 0.500. The number of sulfonamides is 1. The fourth-order valence-corrected chi connectivity index (χ4v) is 1.92. The molecule has 17 heavy (non-hydrogen) atoms. The van der Waals surface area contributed by atoms with Crippen molar-refractivity contribution in [3.05, 3.63) is 18.3 Å². The number of hydrogen-bond acceptors (Lipinski definition) is 5. The van der Waals surface area contributed by atoms with Crippen LogP contribution in [0.2, 0.25) is 0 Å². The van der Waals surface area contributed by atoms with Crippen LogP contribution in [0.4, 0.5) is 0 Å². The van der Waals surface area contributed by atoms with Crippen LogP contribution in [0.3, 0.4) is 0 Å². The molecule has 0 aliphatic rings. The molecule has 96 valence electrons. The van der Waals surface area contributed by atoms with Crippen LogP contribution in [-0.2, 0) is 10.0 Å². The van der Waals surface area contributed by atoms with Crippen LogP contribution < -0.4 is 10.5 Å². The Hall–Kier alpha value is -1.18. The first-order valence-electron chi connectivity index (χ1n) is 5.20. The molecule has 0 spiro atoms. The monoisotopic (exact) mass is 259 g/mol. The largest absolute Gasteiger partial charge is 0.478 e. The highest BCUT2D eigenvalue weighted by Gasteiger charge is 2.17. The summed E-state index contributed by atoms with van der Waals surface area (Å²) in [4.78, 5) is 4.08. The molecule has 1 aromatic rings. The van der Waals surface area contributed by atoms with E-state index in [0.717, 1.165) is 10.7 Å². The second-order valence-corrected chi connectivity index (χ2v) is 5.76. The van der Waals surface area contributed by atoms with E-state index in [9.17, 15) is 8.42 Å². The molecule has 0 unspecified atom stereocenters. The molecular formula is C10H17N3O3S. The molecule has 0 aliphatic carbocycles. The molecule has 0 bridgehead atoms. The molecule has 7 heteroatoms. The Morgan fingerprint density at radius 3 is 2.59 bits per heavy atom. The molecule has 6 nitrogen and oxygen atoms in total. The number of nitrogens with zero attached hydrogens (tertiary/aromatic N) is 2. The number of rotatable bonds is 6. The Bertz CT molecular complexity index is 442. The summed E-state index contributed by atoms with van der Waals surface area (Å²) < 4.78 is 29.9. The maximum atomic E-state index is 11.7. The van der Waals surface area contributed by atoms with Gasteiger partial charge in [0.1, 0.15) is 4.90 Å². The van der Waals surface area contributed by atoms with Crippen LogP contribution in [0.25, 0.3) is 0 Å². The number of aromatic nitrogens is 1. The van der Waals surface area contributed by atoms with Crippen LogP contribution in [0.15, 0.2) is 23.2 Å². The summed E-state index contributed by atoms with van der Waals surface area (Å²) in [6, 6.07) is 3.01. The predicted molar refractivity (Wildman–Crippen MR) is 64.3 cm³/mol.